The molecule has 1 amide bonds. The molecule has 1 aromatic rings. The topological polar surface area (TPSA) is 117 Å². The molecular formula is C20H23N2O7S2+. The zero-order chi connectivity index (χ0) is 21.9. The van der Waals surface area contributed by atoms with Crippen molar-refractivity contribution in [3.05, 3.63) is 26.7 Å². The predicted octanol–water partition coefficient (Wildman–Crippen LogP) is 1.53. The molecule has 2 N–H and O–H groups in total. The van der Waals surface area contributed by atoms with Crippen LogP contribution in [0.3, 0.4) is 0 Å². The van der Waals surface area contributed by atoms with E-state index in [9.17, 15) is 24.6 Å². The van der Waals surface area contributed by atoms with E-state index in [1.165, 1.54) is 27.7 Å². The molecule has 5 rings (SSSR count). The van der Waals surface area contributed by atoms with Crippen LogP contribution in [0.2, 0.25) is 0 Å². The van der Waals surface area contributed by atoms with Gasteiger partial charge in [-0.05, 0) is 32.6 Å². The third-order valence-electron chi connectivity index (χ3n) is 6.13. The van der Waals surface area contributed by atoms with Crippen molar-refractivity contribution in [1.82, 2.24) is 4.90 Å². The van der Waals surface area contributed by atoms with Gasteiger partial charge in [0.05, 0.1) is 23.2 Å². The third-order valence-corrected chi connectivity index (χ3v) is 8.62. The zero-order valence-electron chi connectivity index (χ0n) is 16.9. The van der Waals surface area contributed by atoms with Crippen LogP contribution in [0, 0.1) is 5.92 Å². The van der Waals surface area contributed by atoms with Crippen LogP contribution in [-0.4, -0.2) is 63.7 Å². The monoisotopic (exact) mass is 467 g/mol. The summed E-state index contributed by atoms with van der Waals surface area (Å²) in [6, 6.07) is 0. The summed E-state index contributed by atoms with van der Waals surface area (Å²) in [5, 5.41) is 19.1. The number of aromatic nitrogens is 1. The van der Waals surface area contributed by atoms with Crippen LogP contribution in [0.5, 0.6) is 0 Å². The largest absolute Gasteiger partial charge is 0.481 e. The molecule has 4 aliphatic heterocycles. The smallest absolute Gasteiger partial charge is 0.443 e. The van der Waals surface area contributed by atoms with Gasteiger partial charge in [0.1, 0.15) is 16.2 Å². The maximum atomic E-state index is 13.7. The van der Waals surface area contributed by atoms with E-state index in [4.69, 9.17) is 9.47 Å². The number of aliphatic hydroxyl groups excluding tert-OH is 1. The van der Waals surface area contributed by atoms with E-state index in [-0.39, 0.29) is 29.5 Å². The first kappa shape index (κ1) is 21.1. The predicted molar refractivity (Wildman–Crippen MR) is 109 cm³/mol. The molecule has 1 aromatic heterocycles. The number of carboxylic acids is 1. The fourth-order valence-electron chi connectivity index (χ4n) is 4.66. The van der Waals surface area contributed by atoms with E-state index < -0.39 is 29.3 Å². The zero-order valence-corrected chi connectivity index (χ0v) is 18.5. The highest BCUT2D eigenvalue weighted by Crippen LogP contribution is 2.49. The standard InChI is InChI=1S/C20H22N2O7S2/c1-9(23)12(20(26)27)19-22-14(16(31-19)11-5-3-7-29-11)17(24)21-8-30-15(13(21)18(22)25)10-4-2-6-28-10/h8-12,19,23H,2-7H2,1H3/p+1/t9-,10+,11+,12+,19+/m0/s1. The molecule has 0 aromatic carbocycles. The van der Waals surface area contributed by atoms with Gasteiger partial charge >= 0.3 is 17.8 Å². The molecule has 2 saturated heterocycles. The molecule has 0 saturated carbocycles. The Morgan fingerprint density at radius 2 is 1.90 bits per heavy atom. The fraction of sp³-hybridized carbons (Fsp3) is 0.600. The van der Waals surface area contributed by atoms with E-state index in [1.807, 2.05) is 0 Å². The van der Waals surface area contributed by atoms with E-state index >= 15 is 0 Å². The lowest BCUT2D eigenvalue weighted by Gasteiger charge is -2.31. The second-order valence-corrected chi connectivity index (χ2v) is 10.2. The van der Waals surface area contributed by atoms with Crippen LogP contribution < -0.4 is 4.57 Å². The number of allylic oxidation sites excluding steroid dienone is 1. The van der Waals surface area contributed by atoms with Gasteiger partial charge in [0.25, 0.3) is 5.69 Å². The molecule has 4 aliphatic rings. The number of thiazole rings is 1. The summed E-state index contributed by atoms with van der Waals surface area (Å²) in [5.74, 6) is -3.28. The third kappa shape index (κ3) is 3.25. The molecule has 0 unspecified atom stereocenters. The first-order valence-electron chi connectivity index (χ1n) is 10.4. The number of ether oxygens (including phenoxy) is 2. The number of carboxylic acid groups (broad SMARTS) is 1. The minimum Gasteiger partial charge on any atom is -0.481 e. The van der Waals surface area contributed by atoms with Crippen molar-refractivity contribution >= 4 is 40.9 Å². The normalized spacial score (nSPS) is 30.0. The highest BCUT2D eigenvalue weighted by molar-refractivity contribution is 8.04. The molecule has 0 aliphatic carbocycles. The van der Waals surface area contributed by atoms with Crippen LogP contribution in [0.4, 0.5) is 0 Å². The van der Waals surface area contributed by atoms with E-state index in [1.54, 1.807) is 5.51 Å². The van der Waals surface area contributed by atoms with Gasteiger partial charge in [0.2, 0.25) is 5.51 Å². The van der Waals surface area contributed by atoms with Crippen molar-refractivity contribution in [1.29, 1.82) is 0 Å². The molecule has 0 radical (unpaired) electrons. The lowest BCUT2D eigenvalue weighted by atomic mass is 10.0. The van der Waals surface area contributed by atoms with Crippen LogP contribution in [0.1, 0.15) is 58.9 Å². The Morgan fingerprint density at radius 3 is 2.48 bits per heavy atom. The van der Waals surface area contributed by atoms with E-state index in [0.29, 0.717) is 29.4 Å². The van der Waals surface area contributed by atoms with Gasteiger partial charge in [0, 0.05) is 13.2 Å². The van der Waals surface area contributed by atoms with Gasteiger partial charge in [-0.2, -0.15) is 0 Å². The minimum atomic E-state index is -1.26. The first-order chi connectivity index (χ1) is 14.9. The average Bonchev–Trinajstić information content (AvgIpc) is 3.51. The fourth-order valence-corrected chi connectivity index (χ4v) is 7.41. The van der Waals surface area contributed by atoms with E-state index in [2.05, 4.69) is 0 Å². The summed E-state index contributed by atoms with van der Waals surface area (Å²) in [4.78, 5) is 41.9. The number of fused-ring (bicyclic) bond motifs is 2. The van der Waals surface area contributed by atoms with Crippen LogP contribution >= 0.6 is 23.1 Å². The number of thioether (sulfide) groups is 1. The molecule has 0 bridgehead atoms. The van der Waals surface area contributed by atoms with Gasteiger partial charge in [-0.15, -0.1) is 4.57 Å². The SMILES string of the molecule is C[C@H](O)[C@@H](C(=O)O)[C@H]1SC([C@H]2CCCO2)=C2C(=O)[n+]3csc([C@H]4CCCO4)c3C(=O)N21. The van der Waals surface area contributed by atoms with Crippen molar-refractivity contribution < 1.29 is 38.6 Å². The molecule has 2 fully saturated rings. The van der Waals surface area contributed by atoms with Crippen LogP contribution in [0.25, 0.3) is 0 Å². The Morgan fingerprint density at radius 1 is 1.23 bits per heavy atom. The van der Waals surface area contributed by atoms with Crippen molar-refractivity contribution in [3.63, 3.8) is 0 Å². The Balaban J connectivity index is 1.64. The van der Waals surface area contributed by atoms with Crippen molar-refractivity contribution in [3.8, 4) is 0 Å². The second kappa shape index (κ2) is 7.96. The van der Waals surface area contributed by atoms with Crippen LogP contribution in [-0.2, 0) is 14.3 Å². The number of carbonyl (C=O) groups is 3. The number of aliphatic hydroxyl groups is 1. The Bertz CT molecular complexity index is 976. The van der Waals surface area contributed by atoms with Crippen molar-refractivity contribution in [2.24, 2.45) is 5.92 Å². The minimum absolute atomic E-state index is 0.174. The summed E-state index contributed by atoms with van der Waals surface area (Å²) in [5.41, 5.74) is 2.04. The van der Waals surface area contributed by atoms with Gasteiger partial charge < -0.3 is 19.7 Å². The van der Waals surface area contributed by atoms with Crippen molar-refractivity contribution in [2.75, 3.05) is 13.2 Å². The Labute approximate surface area is 186 Å². The lowest BCUT2D eigenvalue weighted by Crippen LogP contribution is -2.60. The van der Waals surface area contributed by atoms with Crippen LogP contribution in [0.15, 0.2) is 16.1 Å². The van der Waals surface area contributed by atoms with Crippen molar-refractivity contribution in [2.45, 2.75) is 56.3 Å². The Kier molecular flexibility index (Phi) is 5.41. The molecule has 31 heavy (non-hydrogen) atoms. The summed E-state index contributed by atoms with van der Waals surface area (Å²) in [6.45, 7) is 2.54. The number of carbonyl (C=O) groups excluding carboxylic acids is 2. The summed E-state index contributed by atoms with van der Waals surface area (Å²) in [7, 11) is 0. The molecule has 5 atom stereocenters. The summed E-state index contributed by atoms with van der Waals surface area (Å²) < 4.78 is 12.9. The maximum absolute atomic E-state index is 13.7. The maximum Gasteiger partial charge on any atom is 0.443 e. The quantitative estimate of drug-likeness (QED) is 0.626. The number of hydrogen-bond donors (Lipinski definition) is 2. The molecular weight excluding hydrogens is 444 g/mol. The summed E-state index contributed by atoms with van der Waals surface area (Å²) >= 11 is 2.46. The molecule has 166 valence electrons. The van der Waals surface area contributed by atoms with Gasteiger partial charge in [-0.1, -0.05) is 23.1 Å². The number of amides is 1. The average molecular weight is 468 g/mol. The number of rotatable bonds is 5. The van der Waals surface area contributed by atoms with E-state index in [0.717, 1.165) is 31.0 Å². The highest BCUT2D eigenvalue weighted by Gasteiger charge is 2.58. The molecule has 11 heteroatoms. The van der Waals surface area contributed by atoms with Gasteiger partial charge in [-0.3, -0.25) is 14.5 Å². The molecule has 0 spiro atoms. The number of hydrogen-bond acceptors (Lipinski definition) is 8. The first-order valence-corrected chi connectivity index (χ1v) is 12.1. The number of nitrogens with zero attached hydrogens (tertiary/aromatic N) is 2. The Hall–Kier alpha value is -1.79. The second-order valence-electron chi connectivity index (χ2n) is 8.12. The summed E-state index contributed by atoms with van der Waals surface area (Å²) in [6.07, 6.45) is 1.35. The molecule has 5 heterocycles. The number of aliphatic carboxylic acids is 1. The molecule has 9 nitrogen and oxygen atoms in total. The van der Waals surface area contributed by atoms with Gasteiger partial charge in [-0.25, -0.2) is 4.79 Å². The highest BCUT2D eigenvalue weighted by atomic mass is 32.2. The van der Waals surface area contributed by atoms with Gasteiger partial charge in [0.15, 0.2) is 5.70 Å². The lowest BCUT2D eigenvalue weighted by molar-refractivity contribution is -0.571.